The number of H-pyrrole nitrogens is 1. The Morgan fingerprint density at radius 1 is 1.27 bits per heavy atom. The first-order valence-corrected chi connectivity index (χ1v) is 12.6. The highest BCUT2D eigenvalue weighted by Crippen LogP contribution is 2.23. The number of benzene rings is 1. The summed E-state index contributed by atoms with van der Waals surface area (Å²) in [7, 11) is 1.66. The first kappa shape index (κ1) is 30.7. The van der Waals surface area contributed by atoms with E-state index in [4.69, 9.17) is 5.73 Å². The van der Waals surface area contributed by atoms with Crippen LogP contribution >= 0.6 is 11.8 Å². The second kappa shape index (κ2) is 17.1. The maximum absolute atomic E-state index is 12.8. The van der Waals surface area contributed by atoms with E-state index in [0.717, 1.165) is 5.57 Å². The van der Waals surface area contributed by atoms with Gasteiger partial charge in [-0.3, -0.25) is 14.9 Å². The van der Waals surface area contributed by atoms with Crippen molar-refractivity contribution >= 4 is 40.9 Å². The minimum atomic E-state index is -0.407. The molecule has 0 saturated carbocycles. The van der Waals surface area contributed by atoms with Crippen LogP contribution in [0.3, 0.4) is 0 Å². The molecule has 0 atom stereocenters. The molecule has 0 fully saturated rings. The number of allylic oxidation sites excluding steroid dienone is 4. The molecular weight excluding hydrogens is 486 g/mol. The monoisotopic (exact) mass is 521 g/mol. The molecule has 1 aromatic carbocycles. The molecular formula is C27H35N7O2S. The molecule has 7 N–H and O–H groups in total. The van der Waals surface area contributed by atoms with Crippen LogP contribution < -0.4 is 27.0 Å². The Bertz CT molecular complexity index is 1200. The summed E-state index contributed by atoms with van der Waals surface area (Å²) in [5.41, 5.74) is 8.91. The fraction of sp³-hybridized carbons (Fsp3) is 0.222. The number of nitrogens with one attached hydrogen (secondary N) is 5. The Hall–Kier alpha value is -4.36. The second-order valence-corrected chi connectivity index (χ2v) is 7.75. The highest BCUT2D eigenvalue weighted by atomic mass is 32.2. The molecule has 0 aliphatic carbocycles. The molecule has 2 rings (SSSR count). The summed E-state index contributed by atoms with van der Waals surface area (Å²) in [6, 6.07) is 5.01. The number of hydrogen-bond donors (Lipinski definition) is 6. The van der Waals surface area contributed by atoms with E-state index < -0.39 is 5.91 Å². The molecule has 2 aromatic rings. The van der Waals surface area contributed by atoms with E-state index >= 15 is 0 Å². The van der Waals surface area contributed by atoms with Gasteiger partial charge in [-0.05, 0) is 42.9 Å². The number of rotatable bonds is 10. The number of anilines is 3. The summed E-state index contributed by atoms with van der Waals surface area (Å²) in [5.74, 6) is 5.62. The van der Waals surface area contributed by atoms with Gasteiger partial charge in [0.15, 0.2) is 0 Å². The lowest BCUT2D eigenvalue weighted by Crippen LogP contribution is -2.34. The lowest BCUT2D eigenvalue weighted by Gasteiger charge is -2.14. The normalized spacial score (nSPS) is 11.2. The van der Waals surface area contributed by atoms with Crippen molar-refractivity contribution in [1.82, 2.24) is 20.6 Å². The van der Waals surface area contributed by atoms with Crippen LogP contribution in [0.4, 0.5) is 17.3 Å². The van der Waals surface area contributed by atoms with Gasteiger partial charge in [0, 0.05) is 25.0 Å². The first-order chi connectivity index (χ1) is 17.9. The molecule has 0 unspecified atom stereocenters. The van der Waals surface area contributed by atoms with Crippen LogP contribution in [0.5, 0.6) is 0 Å². The number of aromatic nitrogens is 2. The number of hydrogen-bond acceptors (Lipinski definition) is 7. The van der Waals surface area contributed by atoms with Crippen LogP contribution in [0.25, 0.3) is 0 Å². The second-order valence-electron chi connectivity index (χ2n) is 6.91. The Morgan fingerprint density at radius 3 is 2.65 bits per heavy atom. The molecule has 10 heteroatoms. The van der Waals surface area contributed by atoms with E-state index in [1.54, 1.807) is 42.9 Å². The molecule has 0 aliphatic rings. The summed E-state index contributed by atoms with van der Waals surface area (Å²) in [6.07, 6.45) is 6.70. The van der Waals surface area contributed by atoms with Crippen molar-refractivity contribution in [3.63, 3.8) is 0 Å². The largest absolute Gasteiger partial charge is 0.396 e. The van der Waals surface area contributed by atoms with Gasteiger partial charge in [-0.15, -0.1) is 11.8 Å². The van der Waals surface area contributed by atoms with Crippen LogP contribution in [-0.2, 0) is 4.79 Å². The number of nitrogens with zero attached hydrogens (tertiary/aromatic N) is 1. The Labute approximate surface area is 223 Å². The van der Waals surface area contributed by atoms with Gasteiger partial charge in [-0.25, -0.2) is 4.98 Å². The topological polar surface area (TPSA) is 137 Å². The molecule has 0 spiro atoms. The average Bonchev–Trinajstić information content (AvgIpc) is 3.41. The number of aromatic amines is 1. The third-order valence-corrected chi connectivity index (χ3v) is 5.11. The minimum Gasteiger partial charge on any atom is -0.396 e. The van der Waals surface area contributed by atoms with E-state index in [2.05, 4.69) is 49.7 Å². The molecule has 2 amide bonds. The van der Waals surface area contributed by atoms with Crippen molar-refractivity contribution in [2.75, 3.05) is 30.1 Å². The Morgan fingerprint density at radius 2 is 2.03 bits per heavy atom. The number of para-hydroxylation sites is 1. The van der Waals surface area contributed by atoms with E-state index in [-0.39, 0.29) is 23.8 Å². The number of nitrogens with two attached hydrogens (primary N) is 1. The number of likely N-dealkylation sites (N-methyl/N-ethyl adjacent to an activating group) is 1. The van der Waals surface area contributed by atoms with Crippen molar-refractivity contribution in [3.05, 3.63) is 82.5 Å². The van der Waals surface area contributed by atoms with Crippen molar-refractivity contribution < 1.29 is 9.59 Å². The molecule has 0 bridgehead atoms. The number of thioether (sulfide) groups is 1. The Kier molecular flexibility index (Phi) is 14.2. The summed E-state index contributed by atoms with van der Waals surface area (Å²) in [5, 5.41) is 15.0. The highest BCUT2D eigenvalue weighted by Gasteiger charge is 2.15. The van der Waals surface area contributed by atoms with E-state index in [9.17, 15) is 9.59 Å². The number of amides is 2. The fourth-order valence-electron chi connectivity index (χ4n) is 2.80. The van der Waals surface area contributed by atoms with E-state index in [0.29, 0.717) is 22.9 Å². The summed E-state index contributed by atoms with van der Waals surface area (Å²) in [4.78, 5) is 32.1. The molecule has 0 aliphatic heterocycles. The van der Waals surface area contributed by atoms with Gasteiger partial charge in [0.05, 0.1) is 29.2 Å². The molecule has 1 aromatic heterocycles. The van der Waals surface area contributed by atoms with Gasteiger partial charge >= 0.3 is 0 Å². The average molecular weight is 522 g/mol. The first-order valence-electron chi connectivity index (χ1n) is 11.6. The third-order valence-electron chi connectivity index (χ3n) is 4.42. The maximum atomic E-state index is 12.8. The van der Waals surface area contributed by atoms with Gasteiger partial charge in [-0.2, -0.15) is 0 Å². The predicted molar refractivity (Wildman–Crippen MR) is 156 cm³/mol. The van der Waals surface area contributed by atoms with E-state index in [1.807, 2.05) is 39.2 Å². The van der Waals surface area contributed by atoms with Gasteiger partial charge < -0.3 is 26.7 Å². The van der Waals surface area contributed by atoms with Crippen LogP contribution in [0.1, 0.15) is 38.1 Å². The van der Waals surface area contributed by atoms with Crippen LogP contribution in [0.2, 0.25) is 0 Å². The number of imidazole rings is 1. The standard InChI is InChI=1S/C25H29N7O2S.C2H6/c1-5-8-18(12-11-17(3)15-35-6-2)22(27-4)24(34)31-16-30-20-10-7-9-19(21(20)26)23(33)32-25-28-13-14-29-25;1-2/h5-10,13-15,27,30H,2,16,26H2,1,3-4H3,(H,31,34)(H2,28,29,32,33);1-2H3/b8-5-,17-15+,22-18+;. The number of carbonyl (C=O) groups excluding carboxylic acids is 2. The van der Waals surface area contributed by atoms with Gasteiger partial charge in [0.2, 0.25) is 5.95 Å². The molecule has 9 nitrogen and oxygen atoms in total. The third kappa shape index (κ3) is 10.0. The van der Waals surface area contributed by atoms with Crippen LogP contribution in [-0.4, -0.2) is 35.5 Å². The molecule has 37 heavy (non-hydrogen) atoms. The van der Waals surface area contributed by atoms with Gasteiger partial charge in [-0.1, -0.05) is 44.4 Å². The van der Waals surface area contributed by atoms with Crippen LogP contribution in [0.15, 0.2) is 77.0 Å². The summed E-state index contributed by atoms with van der Waals surface area (Å²) < 4.78 is 0. The molecule has 0 saturated heterocycles. The van der Waals surface area contributed by atoms with Crippen molar-refractivity contribution in [1.29, 1.82) is 0 Å². The van der Waals surface area contributed by atoms with E-state index in [1.165, 1.54) is 18.0 Å². The lowest BCUT2D eigenvalue weighted by atomic mass is 10.1. The molecule has 1 heterocycles. The lowest BCUT2D eigenvalue weighted by molar-refractivity contribution is -0.117. The summed E-state index contributed by atoms with van der Waals surface area (Å²) in [6.45, 7) is 11.5. The summed E-state index contributed by atoms with van der Waals surface area (Å²) >= 11 is 1.44. The smallest absolute Gasteiger partial charge is 0.270 e. The Balaban J connectivity index is 0.00000334. The zero-order valence-corrected chi connectivity index (χ0v) is 22.7. The van der Waals surface area contributed by atoms with Crippen LogP contribution in [0, 0.1) is 11.8 Å². The highest BCUT2D eigenvalue weighted by molar-refractivity contribution is 8.04. The zero-order chi connectivity index (χ0) is 27.6. The van der Waals surface area contributed by atoms with Crippen molar-refractivity contribution in [2.45, 2.75) is 27.7 Å². The minimum absolute atomic E-state index is 0.0723. The number of carbonyl (C=O) groups is 2. The predicted octanol–water partition coefficient (Wildman–Crippen LogP) is 4.59. The maximum Gasteiger partial charge on any atom is 0.270 e. The van der Waals surface area contributed by atoms with Crippen molar-refractivity contribution in [3.8, 4) is 11.8 Å². The fourth-order valence-corrected chi connectivity index (χ4v) is 3.16. The molecule has 196 valence electrons. The zero-order valence-electron chi connectivity index (χ0n) is 21.9. The number of nitrogen functional groups attached to an aromatic ring is 1. The van der Waals surface area contributed by atoms with Gasteiger partial charge in [0.25, 0.3) is 11.8 Å². The van der Waals surface area contributed by atoms with Crippen molar-refractivity contribution in [2.24, 2.45) is 0 Å². The SMILES string of the molecule is C=CS/C=C(\C)C#CC(/C=C\C)=C(/NC)C(=O)NCNc1cccc(C(=O)Nc2ncc[nH]2)c1N.CC. The van der Waals surface area contributed by atoms with Gasteiger partial charge in [0.1, 0.15) is 5.70 Å². The quantitative estimate of drug-likeness (QED) is 0.0884. The molecule has 0 radical (unpaired) electrons.